The van der Waals surface area contributed by atoms with E-state index in [1.165, 1.54) is 0 Å². The molecule has 1 rings (SSSR count). The van der Waals surface area contributed by atoms with Crippen LogP contribution < -0.4 is 5.32 Å². The number of nitrogens with one attached hydrogen (secondary N) is 1. The van der Waals surface area contributed by atoms with Crippen LogP contribution in [-0.4, -0.2) is 32.5 Å². The highest BCUT2D eigenvalue weighted by Crippen LogP contribution is 2.23. The molecule has 2 atom stereocenters. The lowest BCUT2D eigenvalue weighted by molar-refractivity contribution is 0.396. The van der Waals surface area contributed by atoms with Gasteiger partial charge in [-0.25, -0.2) is 8.42 Å². The number of sulfone groups is 1. The fourth-order valence-corrected chi connectivity index (χ4v) is 4.08. The van der Waals surface area contributed by atoms with E-state index in [9.17, 15) is 8.42 Å². The quantitative estimate of drug-likeness (QED) is 0.758. The highest BCUT2D eigenvalue weighted by molar-refractivity contribution is 7.91. The van der Waals surface area contributed by atoms with Gasteiger partial charge in [0.05, 0.1) is 11.5 Å². The van der Waals surface area contributed by atoms with Crippen LogP contribution in [0.3, 0.4) is 0 Å². The third-order valence-corrected chi connectivity index (χ3v) is 4.96. The average Bonchev–Trinajstić information content (AvgIpc) is 2.52. The molecule has 1 fully saturated rings. The molecule has 0 aromatic rings. The van der Waals surface area contributed by atoms with E-state index in [2.05, 4.69) is 19.2 Å². The predicted octanol–water partition coefficient (Wildman–Crippen LogP) is 1.59. The predicted molar refractivity (Wildman–Crippen MR) is 63.8 cm³/mol. The van der Waals surface area contributed by atoms with Crippen LogP contribution in [0.25, 0.3) is 0 Å². The topological polar surface area (TPSA) is 46.2 Å². The van der Waals surface area contributed by atoms with Gasteiger partial charge < -0.3 is 5.32 Å². The SMILES string of the molecule is CCCNC(CC)CC1CCS(=O)(=O)C1. The van der Waals surface area contributed by atoms with Gasteiger partial charge in [-0.1, -0.05) is 13.8 Å². The summed E-state index contributed by atoms with van der Waals surface area (Å²) in [5, 5.41) is 3.48. The van der Waals surface area contributed by atoms with Crippen molar-refractivity contribution in [3.8, 4) is 0 Å². The first kappa shape index (κ1) is 13.0. The molecule has 0 aromatic heterocycles. The molecule has 1 aliphatic rings. The van der Waals surface area contributed by atoms with Gasteiger partial charge in [0, 0.05) is 6.04 Å². The summed E-state index contributed by atoms with van der Waals surface area (Å²) in [6.45, 7) is 5.36. The molecule has 3 nitrogen and oxygen atoms in total. The maximum atomic E-state index is 11.3. The summed E-state index contributed by atoms with van der Waals surface area (Å²) >= 11 is 0. The van der Waals surface area contributed by atoms with Crippen LogP contribution in [0.4, 0.5) is 0 Å². The average molecular weight is 233 g/mol. The van der Waals surface area contributed by atoms with Crippen molar-refractivity contribution >= 4 is 9.84 Å². The van der Waals surface area contributed by atoms with E-state index in [1.54, 1.807) is 0 Å². The van der Waals surface area contributed by atoms with Crippen LogP contribution in [0.2, 0.25) is 0 Å². The molecule has 2 unspecified atom stereocenters. The Balaban J connectivity index is 2.33. The van der Waals surface area contributed by atoms with E-state index in [0.29, 0.717) is 23.5 Å². The van der Waals surface area contributed by atoms with Crippen LogP contribution in [0.5, 0.6) is 0 Å². The summed E-state index contributed by atoms with van der Waals surface area (Å²) < 4.78 is 22.6. The van der Waals surface area contributed by atoms with Gasteiger partial charge in [0.1, 0.15) is 0 Å². The zero-order valence-corrected chi connectivity index (χ0v) is 10.6. The molecule has 1 saturated heterocycles. The molecule has 0 bridgehead atoms. The molecule has 1 aliphatic heterocycles. The standard InChI is InChI=1S/C11H23NO2S/c1-3-6-12-11(4-2)8-10-5-7-15(13,14)9-10/h10-12H,3-9H2,1-2H3. The summed E-state index contributed by atoms with van der Waals surface area (Å²) in [5.74, 6) is 1.21. The van der Waals surface area contributed by atoms with E-state index in [-0.39, 0.29) is 0 Å². The summed E-state index contributed by atoms with van der Waals surface area (Å²) in [6, 6.07) is 0.503. The molecule has 0 amide bonds. The molecule has 1 heterocycles. The Morgan fingerprint density at radius 1 is 1.40 bits per heavy atom. The minimum absolute atomic E-state index is 0.393. The molecule has 0 aromatic carbocycles. The third kappa shape index (κ3) is 4.51. The zero-order valence-electron chi connectivity index (χ0n) is 9.83. The Morgan fingerprint density at radius 2 is 2.13 bits per heavy atom. The number of hydrogen-bond acceptors (Lipinski definition) is 3. The van der Waals surface area contributed by atoms with E-state index in [4.69, 9.17) is 0 Å². The maximum absolute atomic E-state index is 11.3. The molecule has 1 N–H and O–H groups in total. The van der Waals surface area contributed by atoms with Crippen LogP contribution >= 0.6 is 0 Å². The highest BCUT2D eigenvalue weighted by atomic mass is 32.2. The van der Waals surface area contributed by atoms with Gasteiger partial charge >= 0.3 is 0 Å². The first-order valence-corrected chi connectivity index (χ1v) is 7.83. The van der Waals surface area contributed by atoms with Crippen LogP contribution in [0, 0.1) is 5.92 Å². The van der Waals surface area contributed by atoms with E-state index in [1.807, 2.05) is 0 Å². The molecule has 0 aliphatic carbocycles. The fraction of sp³-hybridized carbons (Fsp3) is 1.00. The molecule has 15 heavy (non-hydrogen) atoms. The molecule has 4 heteroatoms. The van der Waals surface area contributed by atoms with Gasteiger partial charge in [0.25, 0.3) is 0 Å². The maximum Gasteiger partial charge on any atom is 0.150 e. The Bertz CT molecular complexity index is 274. The Labute approximate surface area is 93.6 Å². The van der Waals surface area contributed by atoms with Gasteiger partial charge in [-0.15, -0.1) is 0 Å². The minimum Gasteiger partial charge on any atom is -0.314 e. The third-order valence-electron chi connectivity index (χ3n) is 3.12. The molecular formula is C11H23NO2S. The lowest BCUT2D eigenvalue weighted by Crippen LogP contribution is -2.31. The highest BCUT2D eigenvalue weighted by Gasteiger charge is 2.29. The summed E-state index contributed by atoms with van der Waals surface area (Å²) in [5.41, 5.74) is 0. The van der Waals surface area contributed by atoms with Crippen molar-refractivity contribution in [1.29, 1.82) is 0 Å². The summed E-state index contributed by atoms with van der Waals surface area (Å²) in [4.78, 5) is 0. The second-order valence-electron chi connectivity index (χ2n) is 4.56. The summed E-state index contributed by atoms with van der Waals surface area (Å²) in [6.07, 6.45) is 4.12. The van der Waals surface area contributed by atoms with Crippen molar-refractivity contribution in [2.75, 3.05) is 18.1 Å². The normalized spacial score (nSPS) is 26.7. The van der Waals surface area contributed by atoms with E-state index < -0.39 is 9.84 Å². The van der Waals surface area contributed by atoms with Crippen molar-refractivity contribution in [2.45, 2.75) is 45.6 Å². The minimum atomic E-state index is -2.70. The lowest BCUT2D eigenvalue weighted by atomic mass is 9.98. The smallest absolute Gasteiger partial charge is 0.150 e. The second kappa shape index (κ2) is 5.85. The molecule has 0 spiro atoms. The van der Waals surface area contributed by atoms with Crippen LogP contribution in [0.15, 0.2) is 0 Å². The number of rotatable bonds is 6. The lowest BCUT2D eigenvalue weighted by Gasteiger charge is -2.19. The van der Waals surface area contributed by atoms with Gasteiger partial charge in [-0.05, 0) is 38.1 Å². The number of hydrogen-bond donors (Lipinski definition) is 1. The van der Waals surface area contributed by atoms with Crippen molar-refractivity contribution < 1.29 is 8.42 Å². The van der Waals surface area contributed by atoms with Gasteiger partial charge in [0.15, 0.2) is 9.84 Å². The Morgan fingerprint density at radius 3 is 2.60 bits per heavy atom. The summed E-state index contributed by atoms with van der Waals surface area (Å²) in [7, 11) is -2.70. The molecule has 0 saturated carbocycles. The first-order valence-electron chi connectivity index (χ1n) is 6.01. The fourth-order valence-electron chi connectivity index (χ4n) is 2.20. The second-order valence-corrected chi connectivity index (χ2v) is 6.79. The molecule has 90 valence electrons. The zero-order chi connectivity index (χ0) is 11.3. The van der Waals surface area contributed by atoms with E-state index >= 15 is 0 Å². The largest absolute Gasteiger partial charge is 0.314 e. The molecule has 0 radical (unpaired) electrons. The Hall–Kier alpha value is -0.0900. The Kier molecular flexibility index (Phi) is 5.06. The van der Waals surface area contributed by atoms with Gasteiger partial charge in [-0.2, -0.15) is 0 Å². The van der Waals surface area contributed by atoms with Crippen LogP contribution in [-0.2, 0) is 9.84 Å². The van der Waals surface area contributed by atoms with Crippen LogP contribution in [0.1, 0.15) is 39.5 Å². The van der Waals surface area contributed by atoms with Crippen molar-refractivity contribution in [3.63, 3.8) is 0 Å². The van der Waals surface area contributed by atoms with Crippen molar-refractivity contribution in [3.05, 3.63) is 0 Å². The van der Waals surface area contributed by atoms with Gasteiger partial charge in [-0.3, -0.25) is 0 Å². The van der Waals surface area contributed by atoms with E-state index in [0.717, 1.165) is 32.2 Å². The monoisotopic (exact) mass is 233 g/mol. The first-order chi connectivity index (χ1) is 7.07. The van der Waals surface area contributed by atoms with Crippen molar-refractivity contribution in [1.82, 2.24) is 5.32 Å². The van der Waals surface area contributed by atoms with Gasteiger partial charge in [0.2, 0.25) is 0 Å². The molecular weight excluding hydrogens is 210 g/mol. The van der Waals surface area contributed by atoms with Crippen molar-refractivity contribution in [2.24, 2.45) is 5.92 Å².